The third-order valence-electron chi connectivity index (χ3n) is 4.87. The van der Waals surface area contributed by atoms with Gasteiger partial charge in [0.15, 0.2) is 11.5 Å². The van der Waals surface area contributed by atoms with Gasteiger partial charge in [0, 0.05) is 30.7 Å². The van der Waals surface area contributed by atoms with Gasteiger partial charge in [-0.3, -0.25) is 9.88 Å². The van der Waals surface area contributed by atoms with Gasteiger partial charge in [0.1, 0.15) is 19.4 Å². The highest BCUT2D eigenvalue weighted by atomic mass is 19.1. The van der Waals surface area contributed by atoms with E-state index in [2.05, 4.69) is 9.88 Å². The number of alkyl halides is 1. The third-order valence-corrected chi connectivity index (χ3v) is 4.87. The van der Waals surface area contributed by atoms with Crippen molar-refractivity contribution in [2.75, 3.05) is 32.8 Å². The van der Waals surface area contributed by atoms with E-state index in [1.807, 2.05) is 24.4 Å². The lowest BCUT2D eigenvalue weighted by Gasteiger charge is -2.32. The summed E-state index contributed by atoms with van der Waals surface area (Å²) in [6, 6.07) is 5.57. The van der Waals surface area contributed by atoms with Gasteiger partial charge < -0.3 is 15.2 Å². The third kappa shape index (κ3) is 2.91. The average molecular weight is 331 g/mol. The van der Waals surface area contributed by atoms with Crippen molar-refractivity contribution in [1.29, 1.82) is 0 Å². The minimum absolute atomic E-state index is 0.319. The van der Waals surface area contributed by atoms with Crippen LogP contribution in [0.2, 0.25) is 0 Å². The van der Waals surface area contributed by atoms with Gasteiger partial charge in [-0.25, -0.2) is 4.39 Å². The molecule has 2 N–H and O–H groups in total. The second kappa shape index (κ2) is 6.53. The molecular weight excluding hydrogens is 309 g/mol. The maximum absolute atomic E-state index is 13.8. The number of aromatic nitrogens is 1. The van der Waals surface area contributed by atoms with Crippen molar-refractivity contribution in [2.45, 2.75) is 25.1 Å². The Kier molecular flexibility index (Phi) is 4.24. The van der Waals surface area contributed by atoms with Crippen molar-refractivity contribution < 1.29 is 13.9 Å². The molecule has 1 aromatic carbocycles. The first-order valence-corrected chi connectivity index (χ1v) is 8.50. The lowest BCUT2D eigenvalue weighted by Crippen LogP contribution is -2.48. The summed E-state index contributed by atoms with van der Waals surface area (Å²) in [6.07, 6.45) is 2.42. The molecule has 2 aromatic rings. The van der Waals surface area contributed by atoms with Crippen LogP contribution in [0.5, 0.6) is 11.5 Å². The van der Waals surface area contributed by atoms with E-state index >= 15 is 0 Å². The lowest BCUT2D eigenvalue weighted by molar-refractivity contribution is 0.121. The predicted molar refractivity (Wildman–Crippen MR) is 90.4 cm³/mol. The summed E-state index contributed by atoms with van der Waals surface area (Å²) in [4.78, 5) is 6.59. The van der Waals surface area contributed by atoms with E-state index in [9.17, 15) is 4.39 Å². The van der Waals surface area contributed by atoms with Crippen LogP contribution in [-0.2, 0) is 6.42 Å². The number of piperidine rings is 1. The van der Waals surface area contributed by atoms with E-state index in [4.69, 9.17) is 15.2 Å². The quantitative estimate of drug-likeness (QED) is 0.931. The number of hydrogen-bond donors (Lipinski definition) is 1. The van der Waals surface area contributed by atoms with Crippen LogP contribution in [-0.4, -0.2) is 54.9 Å². The summed E-state index contributed by atoms with van der Waals surface area (Å²) >= 11 is 0. The molecule has 0 bridgehead atoms. The largest absolute Gasteiger partial charge is 0.486 e. The molecule has 1 saturated heterocycles. The van der Waals surface area contributed by atoms with E-state index < -0.39 is 6.17 Å². The smallest absolute Gasteiger partial charge is 0.171 e. The molecular formula is C18H22FN3O2. The normalized spacial score (nSPS) is 24.2. The molecule has 0 amide bonds. The Labute approximate surface area is 140 Å². The summed E-state index contributed by atoms with van der Waals surface area (Å²) in [5, 5.41) is 1.01. The Bertz CT molecular complexity index is 740. The average Bonchev–Trinajstić information content (AvgIpc) is 2.62. The predicted octanol–water partition coefficient (Wildman–Crippen LogP) is 1.92. The highest BCUT2D eigenvalue weighted by molar-refractivity contribution is 5.91. The van der Waals surface area contributed by atoms with Crippen molar-refractivity contribution in [3.05, 3.63) is 30.0 Å². The van der Waals surface area contributed by atoms with Gasteiger partial charge in [-0.15, -0.1) is 0 Å². The Morgan fingerprint density at radius 1 is 1.25 bits per heavy atom. The molecule has 5 nitrogen and oxygen atoms in total. The van der Waals surface area contributed by atoms with Crippen LogP contribution in [0.4, 0.5) is 4.39 Å². The molecule has 2 aliphatic heterocycles. The topological polar surface area (TPSA) is 60.6 Å². The van der Waals surface area contributed by atoms with Crippen LogP contribution in [0.25, 0.3) is 10.9 Å². The Balaban J connectivity index is 1.58. The second-order valence-electron chi connectivity index (χ2n) is 6.47. The van der Waals surface area contributed by atoms with Crippen LogP contribution in [0.3, 0.4) is 0 Å². The van der Waals surface area contributed by atoms with E-state index in [0.29, 0.717) is 26.2 Å². The Morgan fingerprint density at radius 2 is 2.12 bits per heavy atom. The Hall–Kier alpha value is -1.92. The van der Waals surface area contributed by atoms with Crippen molar-refractivity contribution in [3.63, 3.8) is 0 Å². The maximum Gasteiger partial charge on any atom is 0.171 e. The summed E-state index contributed by atoms with van der Waals surface area (Å²) < 4.78 is 25.3. The summed E-state index contributed by atoms with van der Waals surface area (Å²) in [5.41, 5.74) is 7.82. The molecule has 1 aromatic heterocycles. The molecule has 0 unspecified atom stereocenters. The molecule has 4 rings (SSSR count). The zero-order valence-electron chi connectivity index (χ0n) is 13.6. The van der Waals surface area contributed by atoms with Crippen molar-refractivity contribution >= 4 is 10.9 Å². The molecule has 0 saturated carbocycles. The zero-order chi connectivity index (χ0) is 16.5. The van der Waals surface area contributed by atoms with E-state index in [1.54, 1.807) is 0 Å². The Morgan fingerprint density at radius 3 is 3.00 bits per heavy atom. The first-order chi connectivity index (χ1) is 11.7. The SMILES string of the molecule is N[C@@H]1CCN(CCc2ccnc3ccc4c(c23)OCCO4)C[C@H]1F. The fourth-order valence-corrected chi connectivity index (χ4v) is 3.49. The molecule has 0 radical (unpaired) electrons. The summed E-state index contributed by atoms with van der Waals surface area (Å²) in [6.45, 7) is 3.19. The summed E-state index contributed by atoms with van der Waals surface area (Å²) in [7, 11) is 0. The van der Waals surface area contributed by atoms with E-state index in [1.165, 1.54) is 0 Å². The van der Waals surface area contributed by atoms with Gasteiger partial charge in [-0.2, -0.15) is 0 Å². The fraction of sp³-hybridized carbons (Fsp3) is 0.500. The summed E-state index contributed by atoms with van der Waals surface area (Å²) in [5.74, 6) is 1.56. The molecule has 6 heteroatoms. The van der Waals surface area contributed by atoms with Crippen LogP contribution in [0.1, 0.15) is 12.0 Å². The molecule has 0 spiro atoms. The minimum atomic E-state index is -0.933. The number of nitrogens with zero attached hydrogens (tertiary/aromatic N) is 2. The van der Waals surface area contributed by atoms with Gasteiger partial charge in [-0.1, -0.05) is 0 Å². The van der Waals surface area contributed by atoms with Crippen molar-refractivity contribution in [1.82, 2.24) is 9.88 Å². The van der Waals surface area contributed by atoms with Crippen molar-refractivity contribution in [3.8, 4) is 11.5 Å². The molecule has 24 heavy (non-hydrogen) atoms. The zero-order valence-corrected chi connectivity index (χ0v) is 13.6. The number of hydrogen-bond acceptors (Lipinski definition) is 5. The fourth-order valence-electron chi connectivity index (χ4n) is 3.49. The van der Waals surface area contributed by atoms with E-state index in [0.717, 1.165) is 47.5 Å². The molecule has 2 aliphatic rings. The number of fused-ring (bicyclic) bond motifs is 3. The highest BCUT2D eigenvalue weighted by Gasteiger charge is 2.26. The first kappa shape index (κ1) is 15.6. The lowest BCUT2D eigenvalue weighted by atomic mass is 10.0. The minimum Gasteiger partial charge on any atom is -0.486 e. The molecule has 3 heterocycles. The van der Waals surface area contributed by atoms with Gasteiger partial charge >= 0.3 is 0 Å². The van der Waals surface area contributed by atoms with Gasteiger partial charge in [0.05, 0.1) is 5.52 Å². The van der Waals surface area contributed by atoms with Gasteiger partial charge in [-0.05, 0) is 43.1 Å². The van der Waals surface area contributed by atoms with Crippen molar-refractivity contribution in [2.24, 2.45) is 5.73 Å². The maximum atomic E-state index is 13.8. The molecule has 1 fully saturated rings. The standard InChI is InChI=1S/C18H22FN3O2/c19-13-11-22(8-5-14(13)20)7-4-12-3-6-21-15-1-2-16-18(17(12)15)24-10-9-23-16/h1-3,6,13-14H,4-5,7-11,20H2/t13-,14-/m1/s1. The number of ether oxygens (including phenoxy) is 2. The second-order valence-corrected chi connectivity index (χ2v) is 6.47. The highest BCUT2D eigenvalue weighted by Crippen LogP contribution is 2.38. The number of likely N-dealkylation sites (tertiary alicyclic amines) is 1. The first-order valence-electron chi connectivity index (χ1n) is 8.50. The molecule has 128 valence electrons. The number of nitrogens with two attached hydrogens (primary N) is 1. The number of benzene rings is 1. The van der Waals surface area contributed by atoms with Gasteiger partial charge in [0.2, 0.25) is 0 Å². The van der Waals surface area contributed by atoms with Crippen LogP contribution in [0.15, 0.2) is 24.4 Å². The number of halogens is 1. The van der Waals surface area contributed by atoms with Crippen LogP contribution >= 0.6 is 0 Å². The van der Waals surface area contributed by atoms with Crippen LogP contribution < -0.4 is 15.2 Å². The molecule has 0 aliphatic carbocycles. The number of pyridine rings is 1. The molecule has 2 atom stereocenters. The monoisotopic (exact) mass is 331 g/mol. The van der Waals surface area contributed by atoms with Gasteiger partial charge in [0.25, 0.3) is 0 Å². The van der Waals surface area contributed by atoms with E-state index in [-0.39, 0.29) is 6.04 Å². The van der Waals surface area contributed by atoms with Crippen LogP contribution in [0, 0.1) is 0 Å². The number of rotatable bonds is 3.